The lowest BCUT2D eigenvalue weighted by atomic mass is 10.1. The Labute approximate surface area is 135 Å². The van der Waals surface area contributed by atoms with Crippen molar-refractivity contribution in [2.75, 3.05) is 6.61 Å². The van der Waals surface area contributed by atoms with Gasteiger partial charge in [0.05, 0.1) is 0 Å². The van der Waals surface area contributed by atoms with Crippen LogP contribution in [0.1, 0.15) is 32.4 Å². The van der Waals surface area contributed by atoms with Gasteiger partial charge in [-0.25, -0.2) is 4.99 Å². The third kappa shape index (κ3) is 4.14. The number of nitrogens with one attached hydrogen (secondary N) is 1. The van der Waals surface area contributed by atoms with E-state index in [1.165, 1.54) is 0 Å². The largest absolute Gasteiger partial charge is 0.491 e. The Morgan fingerprint density at radius 3 is 2.79 bits per heavy atom. The number of hydrogen-bond acceptors (Lipinski definition) is 2. The third-order valence-electron chi connectivity index (χ3n) is 2.54. The average Bonchev–Trinajstić information content (AvgIpc) is 2.59. The van der Waals surface area contributed by atoms with E-state index in [-0.39, 0.29) is 35.6 Å². The number of nitrogens with two attached hydrogens (primary N) is 1. The maximum Gasteiger partial charge on any atom is 0.189 e. The van der Waals surface area contributed by atoms with Crippen molar-refractivity contribution in [3.8, 4) is 5.75 Å². The van der Waals surface area contributed by atoms with Crippen molar-refractivity contribution in [1.82, 2.24) is 5.32 Å². The minimum atomic E-state index is -0.136. The van der Waals surface area contributed by atoms with E-state index >= 15 is 0 Å². The molecule has 0 spiro atoms. The van der Waals surface area contributed by atoms with Gasteiger partial charge in [0, 0.05) is 16.1 Å². The van der Waals surface area contributed by atoms with Gasteiger partial charge in [0.15, 0.2) is 5.96 Å². The fraction of sp³-hybridized carbons (Fsp3) is 0.462. The molecule has 1 unspecified atom stereocenters. The molecule has 1 heterocycles. The van der Waals surface area contributed by atoms with Gasteiger partial charge >= 0.3 is 0 Å². The highest BCUT2D eigenvalue weighted by atomic mass is 127. The Morgan fingerprint density at radius 1 is 1.47 bits per heavy atom. The van der Waals surface area contributed by atoms with E-state index in [9.17, 15) is 0 Å². The van der Waals surface area contributed by atoms with Gasteiger partial charge in [0.25, 0.3) is 0 Å². The Morgan fingerprint density at radius 2 is 2.16 bits per heavy atom. The summed E-state index contributed by atoms with van der Waals surface area (Å²) < 4.78 is 5.55. The number of halogens is 2. The number of ether oxygens (including phenoxy) is 1. The number of nitrogens with zero attached hydrogens (tertiary/aromatic N) is 1. The molecular formula is C13H19ClIN3O. The number of hydrogen-bond donors (Lipinski definition) is 2. The average molecular weight is 396 g/mol. The lowest BCUT2D eigenvalue weighted by Gasteiger charge is -2.21. The maximum atomic E-state index is 6.17. The predicted octanol–water partition coefficient (Wildman–Crippen LogP) is 3.09. The summed E-state index contributed by atoms with van der Waals surface area (Å²) in [4.78, 5) is 4.44. The van der Waals surface area contributed by atoms with Crippen LogP contribution in [-0.2, 0) is 0 Å². The van der Waals surface area contributed by atoms with Crippen molar-refractivity contribution in [3.63, 3.8) is 0 Å². The molecule has 2 rings (SSSR count). The van der Waals surface area contributed by atoms with Crippen LogP contribution in [0.25, 0.3) is 0 Å². The molecule has 1 aliphatic heterocycles. The van der Waals surface area contributed by atoms with Crippen molar-refractivity contribution in [2.45, 2.75) is 32.4 Å². The summed E-state index contributed by atoms with van der Waals surface area (Å²) in [5.74, 6) is 1.20. The van der Waals surface area contributed by atoms with E-state index in [4.69, 9.17) is 22.1 Å². The lowest BCUT2D eigenvalue weighted by Crippen LogP contribution is -2.45. The molecule has 0 amide bonds. The molecule has 0 aliphatic carbocycles. The molecule has 0 saturated carbocycles. The van der Waals surface area contributed by atoms with Crippen LogP contribution in [0.15, 0.2) is 23.2 Å². The predicted molar refractivity (Wildman–Crippen MR) is 89.6 cm³/mol. The Bertz CT molecular complexity index is 485. The Balaban J connectivity index is 0.00000180. The monoisotopic (exact) mass is 395 g/mol. The van der Waals surface area contributed by atoms with Gasteiger partial charge in [-0.1, -0.05) is 17.7 Å². The second kappa shape index (κ2) is 6.17. The van der Waals surface area contributed by atoms with Crippen LogP contribution >= 0.6 is 35.6 Å². The highest BCUT2D eigenvalue weighted by molar-refractivity contribution is 14.0. The zero-order chi connectivity index (χ0) is 13.3. The summed E-state index contributed by atoms with van der Waals surface area (Å²) in [7, 11) is 0. The first kappa shape index (κ1) is 16.4. The number of aliphatic imine (C=N–C) groups is 1. The zero-order valence-corrected chi connectivity index (χ0v) is 14.3. The standard InChI is InChI=1S/C13H18ClN3O.HI/c1-13(2,3)17-12(15)16-9-7-18-10-6-4-5-8(14)11(9)10;/h4-6,9H,7H2,1-3H3,(H3,15,16,17);1H. The van der Waals surface area contributed by atoms with Gasteiger partial charge in [-0.05, 0) is 32.9 Å². The molecule has 0 fully saturated rings. The fourth-order valence-corrected chi connectivity index (χ4v) is 2.20. The van der Waals surface area contributed by atoms with Gasteiger partial charge in [-0.3, -0.25) is 0 Å². The van der Waals surface area contributed by atoms with Crippen molar-refractivity contribution >= 4 is 41.5 Å². The van der Waals surface area contributed by atoms with Crippen LogP contribution in [0, 0.1) is 0 Å². The van der Waals surface area contributed by atoms with E-state index in [1.807, 2.05) is 39.0 Å². The summed E-state index contributed by atoms with van der Waals surface area (Å²) in [5.41, 5.74) is 6.69. The highest BCUT2D eigenvalue weighted by Crippen LogP contribution is 2.39. The summed E-state index contributed by atoms with van der Waals surface area (Å²) >= 11 is 6.17. The number of guanidine groups is 1. The van der Waals surface area contributed by atoms with E-state index in [1.54, 1.807) is 0 Å². The molecule has 0 radical (unpaired) electrons. The molecular weight excluding hydrogens is 377 g/mol. The van der Waals surface area contributed by atoms with Crippen molar-refractivity contribution < 1.29 is 4.74 Å². The van der Waals surface area contributed by atoms with Crippen LogP contribution in [0.4, 0.5) is 0 Å². The lowest BCUT2D eigenvalue weighted by molar-refractivity contribution is 0.333. The molecule has 106 valence electrons. The second-order valence-corrected chi connectivity index (χ2v) is 5.77. The molecule has 0 bridgehead atoms. The smallest absolute Gasteiger partial charge is 0.189 e. The minimum absolute atomic E-state index is 0. The Kier molecular flexibility index (Phi) is 5.32. The van der Waals surface area contributed by atoms with Crippen LogP contribution in [0.3, 0.4) is 0 Å². The van der Waals surface area contributed by atoms with Gasteiger partial charge in [-0.2, -0.15) is 0 Å². The first-order valence-corrected chi connectivity index (χ1v) is 6.27. The maximum absolute atomic E-state index is 6.17. The molecule has 6 heteroatoms. The van der Waals surface area contributed by atoms with Crippen molar-refractivity contribution in [2.24, 2.45) is 10.7 Å². The molecule has 1 aromatic carbocycles. The number of benzene rings is 1. The third-order valence-corrected chi connectivity index (χ3v) is 2.87. The molecule has 1 aromatic rings. The van der Waals surface area contributed by atoms with E-state index in [0.717, 1.165) is 11.3 Å². The first-order valence-electron chi connectivity index (χ1n) is 5.89. The molecule has 0 aromatic heterocycles. The van der Waals surface area contributed by atoms with Gasteiger partial charge in [-0.15, -0.1) is 24.0 Å². The number of rotatable bonds is 1. The molecule has 1 atom stereocenters. The normalized spacial score (nSPS) is 18.3. The summed E-state index contributed by atoms with van der Waals surface area (Å²) in [6.07, 6.45) is 0. The number of fused-ring (bicyclic) bond motifs is 1. The second-order valence-electron chi connectivity index (χ2n) is 5.37. The summed E-state index contributed by atoms with van der Waals surface area (Å²) in [6.45, 7) is 6.57. The summed E-state index contributed by atoms with van der Waals surface area (Å²) in [5, 5.41) is 3.79. The molecule has 1 aliphatic rings. The quantitative estimate of drug-likeness (QED) is 0.436. The molecule has 3 N–H and O–H groups in total. The van der Waals surface area contributed by atoms with Gasteiger partial charge < -0.3 is 15.8 Å². The van der Waals surface area contributed by atoms with Crippen LogP contribution in [0.2, 0.25) is 5.02 Å². The Hall–Kier alpha value is -0.690. The van der Waals surface area contributed by atoms with E-state index in [0.29, 0.717) is 17.6 Å². The fourth-order valence-electron chi connectivity index (χ4n) is 1.90. The molecule has 19 heavy (non-hydrogen) atoms. The van der Waals surface area contributed by atoms with Gasteiger partial charge in [0.1, 0.15) is 18.4 Å². The van der Waals surface area contributed by atoms with Crippen molar-refractivity contribution in [1.29, 1.82) is 0 Å². The molecule has 0 saturated heterocycles. The van der Waals surface area contributed by atoms with E-state index < -0.39 is 0 Å². The summed E-state index contributed by atoms with van der Waals surface area (Å²) in [6, 6.07) is 5.46. The van der Waals surface area contributed by atoms with Crippen LogP contribution in [-0.4, -0.2) is 18.1 Å². The highest BCUT2D eigenvalue weighted by Gasteiger charge is 2.26. The molecule has 4 nitrogen and oxygen atoms in total. The first-order chi connectivity index (χ1) is 8.37. The van der Waals surface area contributed by atoms with Crippen molar-refractivity contribution in [3.05, 3.63) is 28.8 Å². The topological polar surface area (TPSA) is 59.6 Å². The van der Waals surface area contributed by atoms with E-state index in [2.05, 4.69) is 10.3 Å². The minimum Gasteiger partial charge on any atom is -0.491 e. The van der Waals surface area contributed by atoms with Gasteiger partial charge in [0.2, 0.25) is 0 Å². The SMILES string of the molecule is CC(C)(C)NC(N)=NC1COc2cccc(Cl)c21.I. The van der Waals surface area contributed by atoms with Crippen LogP contribution < -0.4 is 15.8 Å². The zero-order valence-electron chi connectivity index (χ0n) is 11.2. The van der Waals surface area contributed by atoms with Crippen LogP contribution in [0.5, 0.6) is 5.75 Å².